The van der Waals surface area contributed by atoms with Crippen molar-refractivity contribution in [1.29, 1.82) is 0 Å². The number of aliphatic imine (C=N–C) groups is 1. The van der Waals surface area contributed by atoms with E-state index in [1.165, 1.54) is 6.42 Å². The van der Waals surface area contributed by atoms with Crippen LogP contribution in [0.4, 0.5) is 0 Å². The molecule has 0 saturated heterocycles. The fourth-order valence-corrected chi connectivity index (χ4v) is 2.75. The molecule has 0 aromatic heterocycles. The highest BCUT2D eigenvalue weighted by molar-refractivity contribution is 7.99. The predicted molar refractivity (Wildman–Crippen MR) is 45.7 cm³/mol. The lowest BCUT2D eigenvalue weighted by molar-refractivity contribution is 0.500. The van der Waals surface area contributed by atoms with E-state index in [0.29, 0.717) is 5.41 Å². The van der Waals surface area contributed by atoms with E-state index in [1.807, 2.05) is 18.1 Å². The van der Waals surface area contributed by atoms with Crippen LogP contribution in [0, 0.1) is 5.41 Å². The summed E-state index contributed by atoms with van der Waals surface area (Å²) in [5, 5.41) is 4.07. The van der Waals surface area contributed by atoms with E-state index in [4.69, 9.17) is 0 Å². The molecule has 3 heteroatoms. The smallest absolute Gasteiger partial charge is 0.0824 e. The Hall–Kier alpha value is -0.180. The third-order valence-corrected chi connectivity index (χ3v) is 3.68. The summed E-state index contributed by atoms with van der Waals surface area (Å²) in [6.07, 6.45) is 5.39. The molecule has 2 nitrogen and oxygen atoms in total. The van der Waals surface area contributed by atoms with Crippen LogP contribution in [0.3, 0.4) is 0 Å². The summed E-state index contributed by atoms with van der Waals surface area (Å²) < 4.78 is 0. The number of hydrogen-bond donors (Lipinski definition) is 1. The molecular formula is C7H12N2S. The lowest BCUT2D eigenvalue weighted by Gasteiger charge is -2.17. The standard InChI is InChI=1S/C7H12N2S/c1-10-6-2-7(6)3-8-5-9-4-7/h5-6H,2-4H2,1H3,(H,8,9). The molecule has 2 unspecified atom stereocenters. The van der Waals surface area contributed by atoms with Crippen molar-refractivity contribution >= 4 is 18.1 Å². The first-order chi connectivity index (χ1) is 4.87. The zero-order chi connectivity index (χ0) is 7.03. The Kier molecular flexibility index (Phi) is 1.41. The Morgan fingerprint density at radius 3 is 3.20 bits per heavy atom. The molecule has 1 spiro atoms. The van der Waals surface area contributed by atoms with Crippen molar-refractivity contribution in [1.82, 2.24) is 5.32 Å². The van der Waals surface area contributed by atoms with E-state index in [-0.39, 0.29) is 0 Å². The maximum Gasteiger partial charge on any atom is 0.0824 e. The maximum absolute atomic E-state index is 4.24. The van der Waals surface area contributed by atoms with Crippen LogP contribution < -0.4 is 5.32 Å². The van der Waals surface area contributed by atoms with Gasteiger partial charge < -0.3 is 5.32 Å². The van der Waals surface area contributed by atoms with Crippen molar-refractivity contribution in [3.8, 4) is 0 Å². The molecule has 10 heavy (non-hydrogen) atoms. The van der Waals surface area contributed by atoms with Crippen molar-refractivity contribution in [2.75, 3.05) is 19.3 Å². The van der Waals surface area contributed by atoms with Crippen LogP contribution in [0.25, 0.3) is 0 Å². The van der Waals surface area contributed by atoms with E-state index < -0.39 is 0 Å². The zero-order valence-electron chi connectivity index (χ0n) is 6.13. The average molecular weight is 156 g/mol. The molecule has 1 aliphatic heterocycles. The van der Waals surface area contributed by atoms with E-state index in [9.17, 15) is 0 Å². The van der Waals surface area contributed by atoms with E-state index in [1.54, 1.807) is 0 Å². The first-order valence-electron chi connectivity index (χ1n) is 3.62. The van der Waals surface area contributed by atoms with Crippen LogP contribution in [0.1, 0.15) is 6.42 Å². The van der Waals surface area contributed by atoms with Gasteiger partial charge in [-0.1, -0.05) is 0 Å². The van der Waals surface area contributed by atoms with Gasteiger partial charge in [0, 0.05) is 23.8 Å². The Bertz CT molecular complexity index is 169. The third kappa shape index (κ3) is 0.839. The highest BCUT2D eigenvalue weighted by Crippen LogP contribution is 2.53. The molecule has 2 aliphatic rings. The Labute approximate surface area is 65.5 Å². The second-order valence-electron chi connectivity index (χ2n) is 3.14. The van der Waals surface area contributed by atoms with Gasteiger partial charge >= 0.3 is 0 Å². The van der Waals surface area contributed by atoms with Gasteiger partial charge in [0.15, 0.2) is 0 Å². The number of thioether (sulfide) groups is 1. The second kappa shape index (κ2) is 2.16. The minimum atomic E-state index is 0.550. The zero-order valence-corrected chi connectivity index (χ0v) is 6.95. The van der Waals surface area contributed by atoms with Crippen LogP contribution in [0.15, 0.2) is 4.99 Å². The SMILES string of the molecule is CSC1CC12CN=CNC2. The summed E-state index contributed by atoms with van der Waals surface area (Å²) in [5.41, 5.74) is 0.550. The van der Waals surface area contributed by atoms with Crippen molar-refractivity contribution in [2.45, 2.75) is 11.7 Å². The van der Waals surface area contributed by atoms with Crippen molar-refractivity contribution in [2.24, 2.45) is 10.4 Å². The van der Waals surface area contributed by atoms with Gasteiger partial charge in [0.25, 0.3) is 0 Å². The van der Waals surface area contributed by atoms with Gasteiger partial charge in [0.2, 0.25) is 0 Å². The topological polar surface area (TPSA) is 24.4 Å². The molecule has 2 atom stereocenters. The molecule has 1 N–H and O–H groups in total. The van der Waals surface area contributed by atoms with E-state index in [2.05, 4.69) is 16.6 Å². The summed E-state index contributed by atoms with van der Waals surface area (Å²) >= 11 is 1.98. The average Bonchev–Trinajstić information content (AvgIpc) is 2.65. The Morgan fingerprint density at radius 2 is 2.70 bits per heavy atom. The van der Waals surface area contributed by atoms with Gasteiger partial charge in [-0.3, -0.25) is 4.99 Å². The van der Waals surface area contributed by atoms with E-state index in [0.717, 1.165) is 18.3 Å². The molecule has 0 radical (unpaired) electrons. The quantitative estimate of drug-likeness (QED) is 0.605. The molecule has 1 heterocycles. The van der Waals surface area contributed by atoms with Crippen molar-refractivity contribution in [3.05, 3.63) is 0 Å². The van der Waals surface area contributed by atoms with Gasteiger partial charge in [-0.05, 0) is 12.7 Å². The van der Waals surface area contributed by atoms with Gasteiger partial charge in [-0.2, -0.15) is 11.8 Å². The first kappa shape index (κ1) is 6.53. The molecule has 1 fully saturated rings. The normalized spacial score (nSPS) is 43.5. The third-order valence-electron chi connectivity index (χ3n) is 2.44. The number of nitrogens with one attached hydrogen (secondary N) is 1. The predicted octanol–water partition coefficient (Wildman–Crippen LogP) is 0.740. The molecule has 1 saturated carbocycles. The number of hydrogen-bond acceptors (Lipinski definition) is 3. The molecule has 0 aromatic rings. The van der Waals surface area contributed by atoms with Gasteiger partial charge in [-0.25, -0.2) is 0 Å². The summed E-state index contributed by atoms with van der Waals surface area (Å²) in [6, 6.07) is 0. The number of nitrogens with zero attached hydrogens (tertiary/aromatic N) is 1. The molecule has 0 aromatic carbocycles. The second-order valence-corrected chi connectivity index (χ2v) is 4.18. The monoisotopic (exact) mass is 156 g/mol. The minimum absolute atomic E-state index is 0.550. The van der Waals surface area contributed by atoms with Gasteiger partial charge in [0.05, 0.1) is 6.34 Å². The minimum Gasteiger partial charge on any atom is -0.376 e. The largest absolute Gasteiger partial charge is 0.376 e. The highest BCUT2D eigenvalue weighted by atomic mass is 32.2. The lowest BCUT2D eigenvalue weighted by Crippen LogP contribution is -2.31. The lowest BCUT2D eigenvalue weighted by atomic mass is 10.1. The van der Waals surface area contributed by atoms with E-state index >= 15 is 0 Å². The summed E-state index contributed by atoms with van der Waals surface area (Å²) in [5.74, 6) is 0. The summed E-state index contributed by atoms with van der Waals surface area (Å²) in [7, 11) is 0. The van der Waals surface area contributed by atoms with Crippen molar-refractivity contribution in [3.63, 3.8) is 0 Å². The molecule has 0 amide bonds. The maximum atomic E-state index is 4.24. The fraction of sp³-hybridized carbons (Fsp3) is 0.857. The van der Waals surface area contributed by atoms with Crippen LogP contribution in [-0.2, 0) is 0 Å². The summed E-state index contributed by atoms with van der Waals surface area (Å²) in [4.78, 5) is 4.24. The van der Waals surface area contributed by atoms with Crippen molar-refractivity contribution < 1.29 is 0 Å². The van der Waals surface area contributed by atoms with Gasteiger partial charge in [0.1, 0.15) is 0 Å². The van der Waals surface area contributed by atoms with Crippen LogP contribution in [0.2, 0.25) is 0 Å². The van der Waals surface area contributed by atoms with Crippen LogP contribution in [0.5, 0.6) is 0 Å². The van der Waals surface area contributed by atoms with Gasteiger partial charge in [-0.15, -0.1) is 0 Å². The van der Waals surface area contributed by atoms with Crippen LogP contribution in [-0.4, -0.2) is 30.9 Å². The first-order valence-corrected chi connectivity index (χ1v) is 4.91. The molecule has 0 bridgehead atoms. The molecule has 1 aliphatic carbocycles. The number of rotatable bonds is 1. The molecular weight excluding hydrogens is 144 g/mol. The Morgan fingerprint density at radius 1 is 1.80 bits per heavy atom. The highest BCUT2D eigenvalue weighted by Gasteiger charge is 2.53. The Balaban J connectivity index is 2.00. The molecule has 2 rings (SSSR count). The summed E-state index contributed by atoms with van der Waals surface area (Å²) in [6.45, 7) is 2.19. The fourth-order valence-electron chi connectivity index (χ4n) is 1.59. The molecule has 56 valence electrons. The van der Waals surface area contributed by atoms with Crippen LogP contribution >= 0.6 is 11.8 Å².